The topological polar surface area (TPSA) is 49.4 Å². The zero-order valence-electron chi connectivity index (χ0n) is 17.3. The highest BCUT2D eigenvalue weighted by Crippen LogP contribution is 2.42. The van der Waals surface area contributed by atoms with Crippen molar-refractivity contribution in [2.75, 3.05) is 16.0 Å². The predicted molar refractivity (Wildman–Crippen MR) is 129 cm³/mol. The molecule has 0 aromatic heterocycles. The van der Waals surface area contributed by atoms with Gasteiger partial charge in [-0.2, -0.15) is 0 Å². The summed E-state index contributed by atoms with van der Waals surface area (Å²) >= 11 is 7.59. The van der Waals surface area contributed by atoms with Crippen LogP contribution in [0.5, 0.6) is 0 Å². The summed E-state index contributed by atoms with van der Waals surface area (Å²) in [7, 11) is 0. The summed E-state index contributed by atoms with van der Waals surface area (Å²) in [6, 6.07) is 22.7. The smallest absolute Gasteiger partial charge is 0.255 e. The van der Waals surface area contributed by atoms with Gasteiger partial charge in [-0.1, -0.05) is 55.8 Å². The first-order valence-corrected chi connectivity index (χ1v) is 11.6. The van der Waals surface area contributed by atoms with E-state index in [2.05, 4.69) is 31.3 Å². The van der Waals surface area contributed by atoms with Crippen LogP contribution in [0.4, 0.5) is 11.4 Å². The summed E-state index contributed by atoms with van der Waals surface area (Å²) < 4.78 is 0. The summed E-state index contributed by atoms with van der Waals surface area (Å²) in [6.07, 6.45) is 0. The van der Waals surface area contributed by atoms with Crippen LogP contribution in [0.2, 0.25) is 5.02 Å². The van der Waals surface area contributed by atoms with Gasteiger partial charge in [0.25, 0.3) is 5.91 Å². The van der Waals surface area contributed by atoms with Gasteiger partial charge in [0.2, 0.25) is 5.91 Å². The van der Waals surface area contributed by atoms with Crippen LogP contribution < -0.4 is 10.2 Å². The van der Waals surface area contributed by atoms with Crippen molar-refractivity contribution >= 4 is 46.6 Å². The molecule has 4 rings (SSSR count). The fourth-order valence-electron chi connectivity index (χ4n) is 3.57. The Labute approximate surface area is 191 Å². The van der Waals surface area contributed by atoms with E-state index in [1.165, 1.54) is 5.56 Å². The van der Waals surface area contributed by atoms with Crippen LogP contribution in [0, 0.1) is 0 Å². The lowest BCUT2D eigenvalue weighted by Crippen LogP contribution is -2.27. The molecule has 3 aromatic rings. The highest BCUT2D eigenvalue weighted by atomic mass is 35.5. The van der Waals surface area contributed by atoms with Crippen LogP contribution in [0.3, 0.4) is 0 Å². The molecule has 158 valence electrons. The molecular formula is C25H23ClN2O2S. The third-order valence-corrected chi connectivity index (χ3v) is 6.67. The lowest BCUT2D eigenvalue weighted by Gasteiger charge is -2.25. The molecule has 0 bridgehead atoms. The molecule has 31 heavy (non-hydrogen) atoms. The van der Waals surface area contributed by atoms with E-state index < -0.39 is 0 Å². The molecule has 2 amide bonds. The molecule has 1 atom stereocenters. The second kappa shape index (κ2) is 9.16. The number of amides is 2. The Kier molecular flexibility index (Phi) is 6.35. The van der Waals surface area contributed by atoms with E-state index in [0.717, 1.165) is 11.3 Å². The summed E-state index contributed by atoms with van der Waals surface area (Å²) in [5.41, 5.74) is 4.27. The number of nitrogens with zero attached hydrogens (tertiary/aromatic N) is 1. The number of carbonyl (C=O) groups is 2. The molecule has 1 saturated heterocycles. The number of nitrogens with one attached hydrogen (secondary N) is 1. The Bertz CT molecular complexity index is 1110. The van der Waals surface area contributed by atoms with Gasteiger partial charge in [-0.25, -0.2) is 0 Å². The van der Waals surface area contributed by atoms with Gasteiger partial charge >= 0.3 is 0 Å². The number of carbonyl (C=O) groups excluding carboxylic acids is 2. The number of hydrogen-bond donors (Lipinski definition) is 1. The Balaban J connectivity index is 1.57. The molecule has 0 spiro atoms. The average molecular weight is 451 g/mol. The summed E-state index contributed by atoms with van der Waals surface area (Å²) in [5, 5.41) is 3.30. The molecule has 1 heterocycles. The lowest BCUT2D eigenvalue weighted by molar-refractivity contribution is -0.115. The number of anilines is 2. The zero-order valence-corrected chi connectivity index (χ0v) is 18.9. The van der Waals surface area contributed by atoms with Crippen LogP contribution in [0.1, 0.15) is 46.6 Å². The zero-order chi connectivity index (χ0) is 22.0. The Morgan fingerprint density at radius 1 is 1.06 bits per heavy atom. The molecule has 3 aromatic carbocycles. The van der Waals surface area contributed by atoms with Crippen molar-refractivity contribution in [3.63, 3.8) is 0 Å². The first-order chi connectivity index (χ1) is 14.9. The van der Waals surface area contributed by atoms with E-state index in [-0.39, 0.29) is 17.2 Å². The number of halogens is 1. The molecular weight excluding hydrogens is 428 g/mol. The number of hydrogen-bond acceptors (Lipinski definition) is 3. The average Bonchev–Trinajstić information content (AvgIpc) is 3.15. The van der Waals surface area contributed by atoms with E-state index in [9.17, 15) is 9.59 Å². The maximum Gasteiger partial charge on any atom is 0.255 e. The highest BCUT2D eigenvalue weighted by Gasteiger charge is 2.34. The molecule has 1 N–H and O–H groups in total. The molecule has 0 saturated carbocycles. The minimum Gasteiger partial charge on any atom is -0.322 e. The van der Waals surface area contributed by atoms with Crippen molar-refractivity contribution in [3.05, 3.63) is 94.5 Å². The minimum atomic E-state index is -0.226. The normalized spacial score (nSPS) is 16.1. The molecule has 6 heteroatoms. The van der Waals surface area contributed by atoms with Crippen molar-refractivity contribution in [1.29, 1.82) is 0 Å². The first kappa shape index (κ1) is 21.5. The largest absolute Gasteiger partial charge is 0.322 e. The van der Waals surface area contributed by atoms with Crippen molar-refractivity contribution in [2.24, 2.45) is 0 Å². The molecule has 0 unspecified atom stereocenters. The van der Waals surface area contributed by atoms with E-state index in [1.807, 2.05) is 41.3 Å². The van der Waals surface area contributed by atoms with Gasteiger partial charge in [0.1, 0.15) is 5.37 Å². The maximum absolute atomic E-state index is 12.7. The van der Waals surface area contributed by atoms with Crippen LogP contribution in [0.25, 0.3) is 0 Å². The van der Waals surface area contributed by atoms with Crippen LogP contribution in [-0.2, 0) is 4.79 Å². The number of thioether (sulfide) groups is 1. The van der Waals surface area contributed by atoms with Crippen LogP contribution >= 0.6 is 23.4 Å². The molecule has 0 radical (unpaired) electrons. The summed E-state index contributed by atoms with van der Waals surface area (Å²) in [6.45, 7) is 4.30. The molecule has 4 nitrogen and oxygen atoms in total. The lowest BCUT2D eigenvalue weighted by atomic mass is 10.0. The van der Waals surface area contributed by atoms with Gasteiger partial charge in [0.05, 0.1) is 5.75 Å². The van der Waals surface area contributed by atoms with E-state index in [0.29, 0.717) is 27.9 Å². The third-order valence-electron chi connectivity index (χ3n) is 5.22. The van der Waals surface area contributed by atoms with E-state index >= 15 is 0 Å². The number of rotatable bonds is 5. The Morgan fingerprint density at radius 2 is 1.81 bits per heavy atom. The van der Waals surface area contributed by atoms with Gasteiger partial charge in [-0.05, 0) is 59.5 Å². The number of benzene rings is 3. The van der Waals surface area contributed by atoms with E-state index in [4.69, 9.17) is 11.6 Å². The van der Waals surface area contributed by atoms with Crippen molar-refractivity contribution in [2.45, 2.75) is 25.1 Å². The molecule has 1 aliphatic heterocycles. The quantitative estimate of drug-likeness (QED) is 0.483. The van der Waals surface area contributed by atoms with Crippen molar-refractivity contribution in [3.8, 4) is 0 Å². The first-order valence-electron chi connectivity index (χ1n) is 10.1. The monoisotopic (exact) mass is 450 g/mol. The standard InChI is InChI=1S/C25H23ClN2O2S/c1-16(2)17-9-11-22(12-10-17)28-23(29)15-31-25(28)19-6-4-8-21(14-19)27-24(30)18-5-3-7-20(26)13-18/h3-14,16,25H,15H2,1-2H3,(H,27,30)/t25-/m1/s1. The molecule has 1 fully saturated rings. The molecule has 1 aliphatic rings. The second-order valence-electron chi connectivity index (χ2n) is 7.76. The second-order valence-corrected chi connectivity index (χ2v) is 9.27. The third kappa shape index (κ3) is 4.78. The van der Waals surface area contributed by atoms with Crippen LogP contribution in [-0.4, -0.2) is 17.6 Å². The maximum atomic E-state index is 12.7. The summed E-state index contributed by atoms with van der Waals surface area (Å²) in [4.78, 5) is 27.1. The van der Waals surface area contributed by atoms with Crippen molar-refractivity contribution < 1.29 is 9.59 Å². The Morgan fingerprint density at radius 3 is 2.52 bits per heavy atom. The van der Waals surface area contributed by atoms with Gasteiger partial charge in [-0.3, -0.25) is 14.5 Å². The van der Waals surface area contributed by atoms with E-state index in [1.54, 1.807) is 36.0 Å². The van der Waals surface area contributed by atoms with Gasteiger partial charge in [-0.15, -0.1) is 11.8 Å². The minimum absolute atomic E-state index is 0.0839. The predicted octanol–water partition coefficient (Wildman–Crippen LogP) is 6.49. The fraction of sp³-hybridized carbons (Fsp3) is 0.200. The van der Waals surface area contributed by atoms with Crippen LogP contribution in [0.15, 0.2) is 72.8 Å². The highest BCUT2D eigenvalue weighted by molar-refractivity contribution is 8.00. The fourth-order valence-corrected chi connectivity index (χ4v) is 4.93. The van der Waals surface area contributed by atoms with Gasteiger partial charge < -0.3 is 5.32 Å². The molecule has 0 aliphatic carbocycles. The Hall–Kier alpha value is -2.76. The SMILES string of the molecule is CC(C)c1ccc(N2C(=O)CS[C@@H]2c2cccc(NC(=O)c3cccc(Cl)c3)c2)cc1. The summed E-state index contributed by atoms with van der Waals surface area (Å²) in [5.74, 6) is 0.722. The van der Waals surface area contributed by atoms with Gasteiger partial charge in [0, 0.05) is 22.0 Å². The van der Waals surface area contributed by atoms with Gasteiger partial charge in [0.15, 0.2) is 0 Å². The van der Waals surface area contributed by atoms with Crippen molar-refractivity contribution in [1.82, 2.24) is 0 Å².